The molecule has 44 heavy (non-hydrogen) atoms. The van der Waals surface area contributed by atoms with Crippen molar-refractivity contribution in [3.63, 3.8) is 0 Å². The molecule has 0 radical (unpaired) electrons. The van der Waals surface area contributed by atoms with Crippen molar-refractivity contribution in [3.05, 3.63) is 86.2 Å². The van der Waals surface area contributed by atoms with Gasteiger partial charge in [0.25, 0.3) is 11.5 Å². The van der Waals surface area contributed by atoms with E-state index >= 15 is 0 Å². The van der Waals surface area contributed by atoms with Crippen molar-refractivity contribution in [1.82, 2.24) is 35.4 Å². The van der Waals surface area contributed by atoms with Crippen LogP contribution in [-0.2, 0) is 6.54 Å². The van der Waals surface area contributed by atoms with E-state index in [1.54, 1.807) is 13.0 Å². The summed E-state index contributed by atoms with van der Waals surface area (Å²) < 4.78 is 46.4. The van der Waals surface area contributed by atoms with Gasteiger partial charge in [-0.1, -0.05) is 0 Å². The highest BCUT2D eigenvalue weighted by Crippen LogP contribution is 2.32. The Labute approximate surface area is 253 Å². The fraction of sp³-hybridized carbons (Fsp3) is 0.419. The fourth-order valence-corrected chi connectivity index (χ4v) is 5.99. The average molecular weight is 614 g/mol. The number of alkyl halides is 3. The number of carbonyl (C=O) groups is 1. The number of rotatable bonds is 8. The number of hydrazine groups is 1. The normalized spacial score (nSPS) is 17.0. The minimum absolute atomic E-state index is 0.0388. The van der Waals surface area contributed by atoms with E-state index in [2.05, 4.69) is 30.5 Å². The fourth-order valence-electron chi connectivity index (χ4n) is 5.99. The maximum atomic E-state index is 13.8. The number of amides is 1. The molecule has 3 aromatic rings. The van der Waals surface area contributed by atoms with Gasteiger partial charge in [-0.2, -0.15) is 13.2 Å². The predicted molar refractivity (Wildman–Crippen MR) is 162 cm³/mol. The lowest BCUT2D eigenvalue weighted by Crippen LogP contribution is -2.49. The molecule has 1 amide bonds. The minimum atomic E-state index is -4.24. The number of hydrogen-bond donors (Lipinski definition) is 4. The highest BCUT2D eigenvalue weighted by Gasteiger charge is 2.34. The van der Waals surface area contributed by atoms with Crippen LogP contribution in [0.2, 0.25) is 0 Å². The Morgan fingerprint density at radius 3 is 2.45 bits per heavy atom. The van der Waals surface area contributed by atoms with Gasteiger partial charge in [0.1, 0.15) is 5.75 Å². The summed E-state index contributed by atoms with van der Waals surface area (Å²) in [5.41, 5.74) is 12.4. The third-order valence-electron chi connectivity index (χ3n) is 8.31. The quantitative estimate of drug-likeness (QED) is 0.307. The van der Waals surface area contributed by atoms with Gasteiger partial charge < -0.3 is 30.3 Å². The van der Waals surface area contributed by atoms with Crippen molar-refractivity contribution in [2.24, 2.45) is 0 Å². The summed E-state index contributed by atoms with van der Waals surface area (Å²) in [4.78, 5) is 32.8. The van der Waals surface area contributed by atoms with Crippen molar-refractivity contribution in [2.45, 2.75) is 46.5 Å². The molecule has 5 rings (SSSR count). The van der Waals surface area contributed by atoms with Crippen LogP contribution >= 0.6 is 0 Å². The summed E-state index contributed by atoms with van der Waals surface area (Å²) in [6.07, 6.45) is 1.63. The van der Waals surface area contributed by atoms with E-state index in [9.17, 15) is 22.8 Å². The van der Waals surface area contributed by atoms with Crippen molar-refractivity contribution >= 4 is 17.1 Å². The van der Waals surface area contributed by atoms with E-state index in [4.69, 9.17) is 4.74 Å². The van der Waals surface area contributed by atoms with Crippen molar-refractivity contribution in [1.29, 1.82) is 0 Å². The number of ether oxygens (including phenoxy) is 1. The van der Waals surface area contributed by atoms with Crippen LogP contribution in [0.15, 0.2) is 47.0 Å². The summed E-state index contributed by atoms with van der Waals surface area (Å²) in [5, 5.41) is 2.90. The van der Waals surface area contributed by atoms with Gasteiger partial charge in [0, 0.05) is 66.6 Å². The monoisotopic (exact) mass is 613 g/mol. The molecule has 2 aliphatic rings. The second kappa shape index (κ2) is 12.4. The van der Waals surface area contributed by atoms with Crippen LogP contribution in [0.3, 0.4) is 0 Å². The minimum Gasteiger partial charge on any atom is -0.496 e. The van der Waals surface area contributed by atoms with Crippen LogP contribution in [0, 0.1) is 13.8 Å². The molecular weight excluding hydrogens is 575 g/mol. The van der Waals surface area contributed by atoms with Gasteiger partial charge in [0.15, 0.2) is 0 Å². The van der Waals surface area contributed by atoms with E-state index in [1.165, 1.54) is 12.0 Å². The highest BCUT2D eigenvalue weighted by molar-refractivity contribution is 5.98. The van der Waals surface area contributed by atoms with Gasteiger partial charge in [-0.15, -0.1) is 0 Å². The first-order valence-corrected chi connectivity index (χ1v) is 14.5. The number of nitrogens with zero attached hydrogens (tertiary/aromatic N) is 3. The van der Waals surface area contributed by atoms with Crippen LogP contribution < -0.4 is 26.5 Å². The van der Waals surface area contributed by atoms with Crippen molar-refractivity contribution in [2.75, 3.05) is 39.8 Å². The van der Waals surface area contributed by atoms with Gasteiger partial charge >= 0.3 is 6.18 Å². The molecule has 0 bridgehead atoms. The first-order valence-electron chi connectivity index (χ1n) is 14.5. The van der Waals surface area contributed by atoms with Gasteiger partial charge in [-0.25, -0.2) is 0 Å². The molecule has 0 aromatic carbocycles. The Hall–Kier alpha value is -4.23. The molecule has 0 aliphatic carbocycles. The number of allylic oxidation sites excluding steroid dienone is 3. The molecule has 1 saturated heterocycles. The molecule has 1 atom stereocenters. The van der Waals surface area contributed by atoms with Crippen LogP contribution in [-0.4, -0.2) is 71.1 Å². The Morgan fingerprint density at radius 2 is 1.82 bits per heavy atom. The van der Waals surface area contributed by atoms with E-state index < -0.39 is 12.7 Å². The van der Waals surface area contributed by atoms with Crippen molar-refractivity contribution in [3.8, 4) is 5.75 Å². The number of piperazine rings is 1. The van der Waals surface area contributed by atoms with E-state index in [-0.39, 0.29) is 24.1 Å². The van der Waals surface area contributed by atoms with Gasteiger partial charge in [0.05, 0.1) is 37.0 Å². The third-order valence-corrected chi connectivity index (χ3v) is 8.31. The molecule has 3 aromatic heterocycles. The van der Waals surface area contributed by atoms with Gasteiger partial charge in [0.2, 0.25) is 0 Å². The standard InChI is InChI=1S/C31H38F3N7O3/c1-18-6-7-25(38-37-18)22-8-9-41-26(22)15-23(29(42)35-16-24-27(44-5)14-19(2)36-30(24)43)20(3)28(41)21(4)40-12-10-39(11-13-40)17-31(32,33)34/h6-9,14-15,21,37-38H,10-13,16-17H2,1-5H3,(H,35,42)(H,36,43)/t21-/m1/s1. The Balaban J connectivity index is 1.51. The first kappa shape index (κ1) is 31.2. The van der Waals surface area contributed by atoms with Crippen LogP contribution in [0.1, 0.15) is 58.3 Å². The predicted octanol–water partition coefficient (Wildman–Crippen LogP) is 3.78. The number of aromatic amines is 1. The second-order valence-electron chi connectivity index (χ2n) is 11.3. The number of halogens is 3. The number of hydrogen-bond acceptors (Lipinski definition) is 7. The molecule has 13 heteroatoms. The van der Waals surface area contributed by atoms with Crippen molar-refractivity contribution < 1.29 is 22.7 Å². The number of methoxy groups -OCH3 is 1. The molecule has 0 unspecified atom stereocenters. The number of nitrogens with one attached hydrogen (secondary N) is 4. The molecule has 236 valence electrons. The molecule has 5 heterocycles. The van der Waals surface area contributed by atoms with Crippen LogP contribution in [0.4, 0.5) is 13.2 Å². The molecule has 2 aliphatic heterocycles. The summed E-state index contributed by atoms with van der Waals surface area (Å²) in [6, 6.07) is 5.31. The molecule has 0 spiro atoms. The molecular formula is C31H38F3N7O3. The highest BCUT2D eigenvalue weighted by atomic mass is 19.4. The lowest BCUT2D eigenvalue weighted by atomic mass is 9.99. The summed E-state index contributed by atoms with van der Waals surface area (Å²) in [5.74, 6) is 0.0276. The van der Waals surface area contributed by atoms with Gasteiger partial charge in [-0.05, 0) is 63.6 Å². The molecule has 1 fully saturated rings. The average Bonchev–Trinajstić information content (AvgIpc) is 3.39. The number of pyridine rings is 2. The number of aromatic nitrogens is 2. The lowest BCUT2D eigenvalue weighted by molar-refractivity contribution is -0.149. The maximum Gasteiger partial charge on any atom is 0.401 e. The van der Waals surface area contributed by atoms with Gasteiger partial charge in [-0.3, -0.25) is 19.4 Å². The maximum absolute atomic E-state index is 13.8. The Bertz CT molecular complexity index is 1680. The molecule has 4 N–H and O–H groups in total. The SMILES string of the molecule is COc1cc(C)[nH]c(=O)c1CNC(=O)c1cc2c(C3=CC=C(C)NN3)ccn2c([C@@H](C)N2CCN(CC(F)(F)F)CC2)c1C. The first-order chi connectivity index (χ1) is 20.9. The Morgan fingerprint density at radius 1 is 1.09 bits per heavy atom. The number of H-pyrrole nitrogens is 1. The third kappa shape index (κ3) is 6.48. The number of aryl methyl sites for hydroxylation is 1. The number of carbonyl (C=O) groups excluding carboxylic acids is 1. The molecule has 0 saturated carbocycles. The van der Waals surface area contributed by atoms with Crippen LogP contribution in [0.25, 0.3) is 11.2 Å². The zero-order chi connectivity index (χ0) is 31.8. The lowest BCUT2D eigenvalue weighted by Gasteiger charge is -2.39. The smallest absolute Gasteiger partial charge is 0.401 e. The second-order valence-corrected chi connectivity index (χ2v) is 11.3. The molecule has 10 nitrogen and oxygen atoms in total. The zero-order valence-corrected chi connectivity index (χ0v) is 25.5. The summed E-state index contributed by atoms with van der Waals surface area (Å²) >= 11 is 0. The topological polar surface area (TPSA) is 106 Å². The summed E-state index contributed by atoms with van der Waals surface area (Å²) in [6.45, 7) is 8.13. The largest absolute Gasteiger partial charge is 0.496 e. The number of fused-ring (bicyclic) bond motifs is 1. The van der Waals surface area contributed by atoms with E-state index in [0.717, 1.165) is 33.7 Å². The zero-order valence-electron chi connectivity index (χ0n) is 25.5. The van der Waals surface area contributed by atoms with Crippen LogP contribution in [0.5, 0.6) is 5.75 Å². The summed E-state index contributed by atoms with van der Waals surface area (Å²) in [7, 11) is 1.47. The van der Waals surface area contributed by atoms with E-state index in [0.29, 0.717) is 48.7 Å². The Kier molecular flexibility index (Phi) is 8.80. The van der Waals surface area contributed by atoms with E-state index in [1.807, 2.05) is 51.3 Å².